The third kappa shape index (κ3) is 1.95. The Morgan fingerprint density at radius 2 is 1.33 bits per heavy atom. The van der Waals surface area contributed by atoms with Crippen LogP contribution in [0.4, 0.5) is 0 Å². The Bertz CT molecular complexity index is 460. The fraction of sp³-hybridized carbons (Fsp3) is 0.294. The molecule has 2 aromatic carbocycles. The molecule has 0 spiro atoms. The van der Waals surface area contributed by atoms with Crippen LogP contribution in [0.5, 0.6) is 0 Å². The summed E-state index contributed by atoms with van der Waals surface area (Å²) in [4.78, 5) is 0. The van der Waals surface area contributed by atoms with Gasteiger partial charge in [0.05, 0.1) is 0 Å². The van der Waals surface area contributed by atoms with Crippen LogP contribution < -0.4 is 5.32 Å². The van der Waals surface area contributed by atoms with Crippen molar-refractivity contribution in [2.24, 2.45) is 0 Å². The molecule has 1 heterocycles. The largest absolute Gasteiger partial charge is 0.310 e. The number of hydrogen-bond acceptors (Lipinski definition) is 1. The summed E-state index contributed by atoms with van der Waals surface area (Å²) < 4.78 is 0. The number of benzene rings is 2. The van der Waals surface area contributed by atoms with Gasteiger partial charge in [0.25, 0.3) is 0 Å². The quantitative estimate of drug-likeness (QED) is 0.860. The van der Waals surface area contributed by atoms with Crippen molar-refractivity contribution in [1.82, 2.24) is 5.32 Å². The zero-order valence-electron chi connectivity index (χ0n) is 10.8. The minimum atomic E-state index is 0.197. The zero-order valence-corrected chi connectivity index (χ0v) is 10.8. The first-order valence-electron chi connectivity index (χ1n) is 6.64. The van der Waals surface area contributed by atoms with E-state index in [9.17, 15) is 0 Å². The van der Waals surface area contributed by atoms with E-state index in [2.05, 4.69) is 72.9 Å². The van der Waals surface area contributed by atoms with E-state index in [0.717, 1.165) is 6.54 Å². The van der Waals surface area contributed by atoms with Crippen LogP contribution in [-0.2, 0) is 0 Å². The topological polar surface area (TPSA) is 12.0 Å². The van der Waals surface area contributed by atoms with Crippen LogP contribution >= 0.6 is 0 Å². The van der Waals surface area contributed by atoms with Gasteiger partial charge in [-0.15, -0.1) is 0 Å². The van der Waals surface area contributed by atoms with E-state index in [1.807, 2.05) is 0 Å². The molecule has 1 aliphatic rings. The third-order valence-corrected chi connectivity index (χ3v) is 4.08. The molecule has 1 heteroatoms. The van der Waals surface area contributed by atoms with E-state index >= 15 is 0 Å². The number of rotatable bonds is 3. The van der Waals surface area contributed by atoms with Gasteiger partial charge < -0.3 is 5.32 Å². The highest BCUT2D eigenvalue weighted by atomic mass is 15.0. The fourth-order valence-electron chi connectivity index (χ4n) is 2.98. The lowest BCUT2D eigenvalue weighted by molar-refractivity contribution is 0.205. The van der Waals surface area contributed by atoms with Crippen LogP contribution in [0.1, 0.15) is 30.4 Å². The van der Waals surface area contributed by atoms with Crippen molar-refractivity contribution < 1.29 is 0 Å². The summed E-state index contributed by atoms with van der Waals surface area (Å²) in [5.41, 5.74) is 3.00. The molecule has 18 heavy (non-hydrogen) atoms. The molecule has 3 rings (SSSR count). The van der Waals surface area contributed by atoms with Crippen molar-refractivity contribution in [3.63, 3.8) is 0 Å². The van der Waals surface area contributed by atoms with Crippen molar-refractivity contribution in [1.29, 1.82) is 0 Å². The molecule has 0 aromatic heterocycles. The zero-order chi connectivity index (χ0) is 12.4. The Kier molecular flexibility index (Phi) is 2.92. The smallest absolute Gasteiger partial charge is 0.0274 e. The molecule has 0 saturated carbocycles. The van der Waals surface area contributed by atoms with Crippen molar-refractivity contribution in [3.05, 3.63) is 71.8 Å². The number of hydrogen-bond donors (Lipinski definition) is 1. The second kappa shape index (κ2) is 4.58. The van der Waals surface area contributed by atoms with Crippen LogP contribution in [0, 0.1) is 0 Å². The molecule has 1 nitrogen and oxygen atoms in total. The fourth-order valence-corrected chi connectivity index (χ4v) is 2.98. The second-order valence-electron chi connectivity index (χ2n) is 5.35. The van der Waals surface area contributed by atoms with Gasteiger partial charge >= 0.3 is 0 Å². The van der Waals surface area contributed by atoms with Crippen LogP contribution in [0.25, 0.3) is 0 Å². The molecular weight excluding hydrogens is 218 g/mol. The SMILES string of the molecule is CC1(C(c2ccccc2)c2ccccc2)CCN1. The minimum absolute atomic E-state index is 0.197. The standard InChI is InChI=1S/C17H19N/c1-17(12-13-18-17)16(14-8-4-2-5-9-14)15-10-6-3-7-11-15/h2-11,16,18H,12-13H2,1H3. The monoisotopic (exact) mass is 237 g/mol. The van der Waals surface area contributed by atoms with Gasteiger partial charge in [-0.1, -0.05) is 60.7 Å². The lowest BCUT2D eigenvalue weighted by atomic mass is 9.71. The van der Waals surface area contributed by atoms with E-state index in [-0.39, 0.29) is 5.54 Å². The summed E-state index contributed by atoms with van der Waals surface area (Å²) in [5, 5.41) is 3.62. The van der Waals surface area contributed by atoms with Gasteiger partial charge in [-0.2, -0.15) is 0 Å². The van der Waals surface area contributed by atoms with Gasteiger partial charge in [0.1, 0.15) is 0 Å². The van der Waals surface area contributed by atoms with Crippen molar-refractivity contribution in [2.75, 3.05) is 6.54 Å². The molecule has 0 aliphatic carbocycles. The normalized spacial score (nSPS) is 22.8. The molecular formula is C17H19N. The molecule has 0 radical (unpaired) electrons. The Morgan fingerprint density at radius 3 is 1.67 bits per heavy atom. The number of nitrogens with one attached hydrogen (secondary N) is 1. The van der Waals surface area contributed by atoms with E-state index in [4.69, 9.17) is 0 Å². The van der Waals surface area contributed by atoms with Crippen LogP contribution in [0.15, 0.2) is 60.7 Å². The van der Waals surface area contributed by atoms with Gasteiger partial charge in [0.15, 0.2) is 0 Å². The average Bonchev–Trinajstić information content (AvgIpc) is 2.40. The Morgan fingerprint density at radius 1 is 0.889 bits per heavy atom. The first-order chi connectivity index (χ1) is 8.80. The maximum atomic E-state index is 3.62. The highest BCUT2D eigenvalue weighted by molar-refractivity contribution is 5.37. The molecule has 1 saturated heterocycles. The molecule has 0 amide bonds. The Labute approximate surface area is 109 Å². The van der Waals surface area contributed by atoms with Crippen LogP contribution in [0.2, 0.25) is 0 Å². The maximum Gasteiger partial charge on any atom is 0.0274 e. The minimum Gasteiger partial charge on any atom is -0.310 e. The molecule has 1 aliphatic heterocycles. The van der Waals surface area contributed by atoms with Crippen molar-refractivity contribution in [2.45, 2.75) is 24.8 Å². The summed E-state index contributed by atoms with van der Waals surface area (Å²) in [6.45, 7) is 3.47. The first kappa shape index (κ1) is 11.5. The van der Waals surface area contributed by atoms with E-state index < -0.39 is 0 Å². The van der Waals surface area contributed by atoms with E-state index in [0.29, 0.717) is 5.92 Å². The summed E-state index contributed by atoms with van der Waals surface area (Å²) in [7, 11) is 0. The molecule has 1 fully saturated rings. The van der Waals surface area contributed by atoms with Gasteiger partial charge in [-0.05, 0) is 31.0 Å². The summed E-state index contributed by atoms with van der Waals surface area (Å²) in [5.74, 6) is 0.439. The first-order valence-corrected chi connectivity index (χ1v) is 6.64. The summed E-state index contributed by atoms with van der Waals surface area (Å²) >= 11 is 0. The molecule has 92 valence electrons. The molecule has 1 atom stereocenters. The summed E-state index contributed by atoms with van der Waals surface area (Å²) in [6, 6.07) is 21.7. The van der Waals surface area contributed by atoms with Gasteiger partial charge in [-0.3, -0.25) is 0 Å². The predicted octanol–water partition coefficient (Wildman–Crippen LogP) is 3.57. The lowest BCUT2D eigenvalue weighted by Gasteiger charge is -2.47. The molecule has 0 bridgehead atoms. The Balaban J connectivity index is 2.05. The van der Waals surface area contributed by atoms with E-state index in [1.54, 1.807) is 0 Å². The second-order valence-corrected chi connectivity index (χ2v) is 5.35. The predicted molar refractivity (Wildman–Crippen MR) is 75.8 cm³/mol. The highest BCUT2D eigenvalue weighted by Gasteiger charge is 2.40. The van der Waals surface area contributed by atoms with Gasteiger partial charge in [-0.25, -0.2) is 0 Å². The third-order valence-electron chi connectivity index (χ3n) is 4.08. The van der Waals surface area contributed by atoms with Crippen molar-refractivity contribution in [3.8, 4) is 0 Å². The molecule has 1 unspecified atom stereocenters. The van der Waals surface area contributed by atoms with Crippen LogP contribution in [-0.4, -0.2) is 12.1 Å². The average molecular weight is 237 g/mol. The molecule has 2 aromatic rings. The maximum absolute atomic E-state index is 3.62. The lowest BCUT2D eigenvalue weighted by Crippen LogP contribution is -2.58. The highest BCUT2D eigenvalue weighted by Crippen LogP contribution is 2.40. The Hall–Kier alpha value is -1.60. The van der Waals surface area contributed by atoms with Gasteiger partial charge in [0, 0.05) is 11.5 Å². The van der Waals surface area contributed by atoms with Crippen molar-refractivity contribution >= 4 is 0 Å². The summed E-state index contributed by atoms with van der Waals surface area (Å²) in [6.07, 6.45) is 1.24. The molecule has 1 N–H and O–H groups in total. The van der Waals surface area contributed by atoms with Crippen LogP contribution in [0.3, 0.4) is 0 Å². The van der Waals surface area contributed by atoms with Gasteiger partial charge in [0.2, 0.25) is 0 Å². The van der Waals surface area contributed by atoms with E-state index in [1.165, 1.54) is 17.5 Å².